The molecule has 0 saturated heterocycles. The fraction of sp³-hybridized carbons (Fsp3) is 0.231. The molecule has 0 aliphatic carbocycles. The van der Waals surface area contributed by atoms with Crippen molar-refractivity contribution < 1.29 is 4.79 Å². The van der Waals surface area contributed by atoms with Crippen LogP contribution in [0.2, 0.25) is 0 Å². The molecule has 0 aliphatic rings. The van der Waals surface area contributed by atoms with Crippen LogP contribution in [0.4, 0.5) is 0 Å². The van der Waals surface area contributed by atoms with E-state index < -0.39 is 0 Å². The molecule has 4 heteroatoms. The number of nitrogens with zero attached hydrogens (tertiary/aromatic N) is 3. The molecule has 0 unspecified atom stereocenters. The minimum atomic E-state index is 0.0446. The summed E-state index contributed by atoms with van der Waals surface area (Å²) >= 11 is 0. The number of carbonyl (C=O) groups excluding carboxylic acids is 1. The van der Waals surface area contributed by atoms with E-state index >= 15 is 0 Å². The van der Waals surface area contributed by atoms with E-state index in [1.165, 1.54) is 16.5 Å². The van der Waals surface area contributed by atoms with E-state index in [-0.39, 0.29) is 11.9 Å². The van der Waals surface area contributed by atoms with Gasteiger partial charge in [0.25, 0.3) is 5.91 Å². The zero-order chi connectivity index (χ0) is 20.9. The van der Waals surface area contributed by atoms with Gasteiger partial charge in [-0.2, -0.15) is 0 Å². The Morgan fingerprint density at radius 3 is 2.43 bits per heavy atom. The summed E-state index contributed by atoms with van der Waals surface area (Å²) < 4.78 is 2.19. The fourth-order valence-corrected chi connectivity index (χ4v) is 3.94. The maximum atomic E-state index is 13.4. The predicted octanol–water partition coefficient (Wildman–Crippen LogP) is 5.24. The number of pyridine rings is 1. The second-order valence-corrected chi connectivity index (χ2v) is 7.80. The summed E-state index contributed by atoms with van der Waals surface area (Å²) in [5, 5.41) is 1.20. The lowest BCUT2D eigenvalue weighted by molar-refractivity contribution is 0.0663. The third-order valence-corrected chi connectivity index (χ3v) is 5.80. The molecule has 0 spiro atoms. The van der Waals surface area contributed by atoms with Crippen LogP contribution in [0, 0.1) is 0 Å². The van der Waals surface area contributed by atoms with Crippen LogP contribution in [-0.2, 0) is 20.0 Å². The monoisotopic (exact) mass is 397 g/mol. The predicted molar refractivity (Wildman–Crippen MR) is 121 cm³/mol. The zero-order valence-corrected chi connectivity index (χ0v) is 17.5. The number of carbonyl (C=O) groups is 1. The van der Waals surface area contributed by atoms with Crippen LogP contribution in [0.3, 0.4) is 0 Å². The van der Waals surface area contributed by atoms with Crippen molar-refractivity contribution >= 4 is 16.8 Å². The van der Waals surface area contributed by atoms with Gasteiger partial charge in [-0.1, -0.05) is 48.5 Å². The molecular formula is C26H27N3O. The molecule has 0 radical (unpaired) electrons. The van der Waals surface area contributed by atoms with Crippen molar-refractivity contribution in [1.82, 2.24) is 14.5 Å². The number of aromatic nitrogens is 2. The Labute approximate surface area is 177 Å². The molecule has 30 heavy (non-hydrogen) atoms. The van der Waals surface area contributed by atoms with E-state index in [9.17, 15) is 4.79 Å². The number of hydrogen-bond acceptors (Lipinski definition) is 2. The molecule has 2 aromatic heterocycles. The third kappa shape index (κ3) is 4.28. The van der Waals surface area contributed by atoms with E-state index in [4.69, 9.17) is 0 Å². The maximum Gasteiger partial charge on any atom is 0.254 e. The Morgan fingerprint density at radius 2 is 1.70 bits per heavy atom. The molecule has 4 aromatic rings. The van der Waals surface area contributed by atoms with Gasteiger partial charge < -0.3 is 9.47 Å². The lowest BCUT2D eigenvalue weighted by Gasteiger charge is -2.30. The Kier molecular flexibility index (Phi) is 5.94. The molecule has 1 amide bonds. The standard InChI is InChI=1S/C26H27N3O/c1-20(12-13-21-8-4-3-5-9-21)29(26(30)22-14-16-27-17-15-22)19-24-18-23-10-6-7-11-25(23)28(24)2/h3-11,14-18,20H,12-13,19H2,1-2H3/t20-/m0/s1. The smallest absolute Gasteiger partial charge is 0.254 e. The van der Waals surface area contributed by atoms with Gasteiger partial charge in [0, 0.05) is 42.3 Å². The molecule has 0 bridgehead atoms. The van der Waals surface area contributed by atoms with Crippen molar-refractivity contribution in [2.75, 3.05) is 0 Å². The summed E-state index contributed by atoms with van der Waals surface area (Å²) in [6, 6.07) is 24.7. The summed E-state index contributed by atoms with van der Waals surface area (Å²) in [5.41, 5.74) is 4.28. The van der Waals surface area contributed by atoms with Gasteiger partial charge in [0.1, 0.15) is 0 Å². The SMILES string of the molecule is C[C@@H](CCc1ccccc1)N(Cc1cc2ccccc2n1C)C(=O)c1ccncc1. The fourth-order valence-electron chi connectivity index (χ4n) is 3.94. The quantitative estimate of drug-likeness (QED) is 0.428. The third-order valence-electron chi connectivity index (χ3n) is 5.80. The van der Waals surface area contributed by atoms with Gasteiger partial charge in [0.15, 0.2) is 0 Å². The molecule has 2 heterocycles. The number of rotatable bonds is 7. The van der Waals surface area contributed by atoms with Crippen molar-refractivity contribution in [3.63, 3.8) is 0 Å². The van der Waals surface area contributed by atoms with Crippen molar-refractivity contribution in [2.24, 2.45) is 7.05 Å². The first-order valence-electron chi connectivity index (χ1n) is 10.4. The number of fused-ring (bicyclic) bond motifs is 1. The highest BCUT2D eigenvalue weighted by atomic mass is 16.2. The Hall–Kier alpha value is -3.40. The van der Waals surface area contributed by atoms with E-state index in [0.29, 0.717) is 12.1 Å². The van der Waals surface area contributed by atoms with E-state index in [1.807, 2.05) is 11.0 Å². The molecule has 2 aromatic carbocycles. The highest BCUT2D eigenvalue weighted by Gasteiger charge is 2.23. The van der Waals surface area contributed by atoms with Crippen LogP contribution in [0.25, 0.3) is 10.9 Å². The maximum absolute atomic E-state index is 13.4. The second kappa shape index (κ2) is 8.95. The molecule has 4 nitrogen and oxygen atoms in total. The number of hydrogen-bond donors (Lipinski definition) is 0. The summed E-state index contributed by atoms with van der Waals surface area (Å²) in [4.78, 5) is 19.5. The molecular weight excluding hydrogens is 370 g/mol. The first-order valence-corrected chi connectivity index (χ1v) is 10.4. The van der Waals surface area contributed by atoms with Crippen LogP contribution in [-0.4, -0.2) is 26.4 Å². The average molecular weight is 398 g/mol. The van der Waals surface area contributed by atoms with Crippen LogP contribution in [0.15, 0.2) is 85.2 Å². The molecule has 0 saturated carbocycles. The van der Waals surface area contributed by atoms with Crippen LogP contribution in [0.5, 0.6) is 0 Å². The van der Waals surface area contributed by atoms with Crippen LogP contribution >= 0.6 is 0 Å². The molecule has 0 aliphatic heterocycles. The van der Waals surface area contributed by atoms with Gasteiger partial charge in [0.05, 0.1) is 6.54 Å². The van der Waals surface area contributed by atoms with Crippen molar-refractivity contribution in [3.05, 3.63) is 102 Å². The van der Waals surface area contributed by atoms with Gasteiger partial charge in [-0.25, -0.2) is 0 Å². The van der Waals surface area contributed by atoms with Gasteiger partial charge in [0.2, 0.25) is 0 Å². The lowest BCUT2D eigenvalue weighted by Crippen LogP contribution is -2.39. The highest BCUT2D eigenvalue weighted by Crippen LogP contribution is 2.22. The minimum absolute atomic E-state index is 0.0446. The largest absolute Gasteiger partial charge is 0.346 e. The first kappa shape index (κ1) is 19.9. The molecule has 0 N–H and O–H groups in total. The number of benzene rings is 2. The number of aryl methyl sites for hydroxylation is 2. The summed E-state index contributed by atoms with van der Waals surface area (Å²) in [6.45, 7) is 2.72. The van der Waals surface area contributed by atoms with E-state index in [2.05, 4.69) is 78.1 Å². The summed E-state index contributed by atoms with van der Waals surface area (Å²) in [5.74, 6) is 0.0446. The van der Waals surface area contributed by atoms with Gasteiger partial charge in [-0.15, -0.1) is 0 Å². The number of para-hydroxylation sites is 1. The van der Waals surface area contributed by atoms with Crippen LogP contribution < -0.4 is 0 Å². The Bertz CT molecular complexity index is 1120. The second-order valence-electron chi connectivity index (χ2n) is 7.80. The average Bonchev–Trinajstić information content (AvgIpc) is 3.12. The van der Waals surface area contributed by atoms with Gasteiger partial charge in [-0.3, -0.25) is 9.78 Å². The normalized spacial score (nSPS) is 12.1. The highest BCUT2D eigenvalue weighted by molar-refractivity contribution is 5.94. The van der Waals surface area contributed by atoms with E-state index in [1.54, 1.807) is 24.5 Å². The number of amides is 1. The van der Waals surface area contributed by atoms with Crippen molar-refractivity contribution in [2.45, 2.75) is 32.4 Å². The Morgan fingerprint density at radius 1 is 1.00 bits per heavy atom. The van der Waals surface area contributed by atoms with E-state index in [0.717, 1.165) is 18.5 Å². The summed E-state index contributed by atoms with van der Waals surface area (Å²) in [6.07, 6.45) is 5.20. The summed E-state index contributed by atoms with van der Waals surface area (Å²) in [7, 11) is 2.07. The first-order chi connectivity index (χ1) is 14.6. The lowest BCUT2D eigenvalue weighted by atomic mass is 10.0. The van der Waals surface area contributed by atoms with Crippen LogP contribution in [0.1, 0.15) is 35.0 Å². The molecule has 1 atom stereocenters. The molecule has 0 fully saturated rings. The molecule has 4 rings (SSSR count). The topological polar surface area (TPSA) is 38.1 Å². The zero-order valence-electron chi connectivity index (χ0n) is 17.5. The van der Waals surface area contributed by atoms with Crippen molar-refractivity contribution in [3.8, 4) is 0 Å². The van der Waals surface area contributed by atoms with Crippen molar-refractivity contribution in [1.29, 1.82) is 0 Å². The molecule has 152 valence electrons. The van der Waals surface area contributed by atoms with Gasteiger partial charge >= 0.3 is 0 Å². The minimum Gasteiger partial charge on any atom is -0.346 e. The van der Waals surface area contributed by atoms with Gasteiger partial charge in [-0.05, 0) is 55.0 Å². The Balaban J connectivity index is 1.60.